The summed E-state index contributed by atoms with van der Waals surface area (Å²) in [4.78, 5) is 2.42. The van der Waals surface area contributed by atoms with Crippen molar-refractivity contribution in [1.29, 1.82) is 0 Å². The molecule has 0 bridgehead atoms. The highest BCUT2D eigenvalue weighted by Crippen LogP contribution is 2.51. The maximum absolute atomic E-state index is 13.0. The van der Waals surface area contributed by atoms with Crippen LogP contribution in [-0.4, -0.2) is 39.5 Å². The zero-order valence-corrected chi connectivity index (χ0v) is 11.7. The van der Waals surface area contributed by atoms with Crippen molar-refractivity contribution in [1.82, 2.24) is 14.7 Å². The molecule has 1 aliphatic heterocycles. The Labute approximate surface area is 122 Å². The molecular formula is C16H18FN3O. The van der Waals surface area contributed by atoms with E-state index in [0.29, 0.717) is 24.4 Å². The first kappa shape index (κ1) is 13.0. The Bertz CT molecular complexity index is 627. The lowest BCUT2D eigenvalue weighted by Crippen LogP contribution is -2.26. The molecule has 1 aromatic carbocycles. The molecule has 3 atom stereocenters. The Morgan fingerprint density at radius 2 is 1.86 bits per heavy atom. The second-order valence-corrected chi connectivity index (χ2v) is 6.08. The van der Waals surface area contributed by atoms with Crippen molar-refractivity contribution >= 4 is 0 Å². The second kappa shape index (κ2) is 4.93. The van der Waals surface area contributed by atoms with Crippen LogP contribution < -0.4 is 0 Å². The van der Waals surface area contributed by atoms with Crippen LogP contribution in [0.15, 0.2) is 36.5 Å². The second-order valence-electron chi connectivity index (χ2n) is 6.08. The molecule has 0 spiro atoms. The minimum Gasteiger partial charge on any atom is -0.396 e. The van der Waals surface area contributed by atoms with E-state index in [4.69, 9.17) is 0 Å². The number of nitrogens with zero attached hydrogens (tertiary/aromatic N) is 3. The fraction of sp³-hybridized carbons (Fsp3) is 0.438. The van der Waals surface area contributed by atoms with Crippen molar-refractivity contribution in [3.8, 4) is 5.69 Å². The van der Waals surface area contributed by atoms with Gasteiger partial charge >= 0.3 is 0 Å². The molecule has 4 nitrogen and oxygen atoms in total. The van der Waals surface area contributed by atoms with Crippen LogP contribution in [-0.2, 0) is 6.54 Å². The number of aliphatic hydroxyl groups is 1. The van der Waals surface area contributed by atoms with Gasteiger partial charge in [-0.25, -0.2) is 9.07 Å². The Morgan fingerprint density at radius 1 is 1.14 bits per heavy atom. The van der Waals surface area contributed by atoms with Crippen LogP contribution in [0.1, 0.15) is 5.69 Å². The molecule has 2 aromatic rings. The zero-order valence-electron chi connectivity index (χ0n) is 11.7. The molecule has 2 heterocycles. The third-order valence-electron chi connectivity index (χ3n) is 4.84. The van der Waals surface area contributed by atoms with Crippen molar-refractivity contribution in [3.63, 3.8) is 0 Å². The number of halogens is 1. The molecule has 1 saturated carbocycles. The molecule has 110 valence electrons. The van der Waals surface area contributed by atoms with Gasteiger partial charge in [-0.15, -0.1) is 0 Å². The summed E-state index contributed by atoms with van der Waals surface area (Å²) in [7, 11) is 0. The van der Waals surface area contributed by atoms with E-state index in [9.17, 15) is 9.50 Å². The van der Waals surface area contributed by atoms with Gasteiger partial charge in [0.2, 0.25) is 0 Å². The molecule has 5 heteroatoms. The van der Waals surface area contributed by atoms with Gasteiger partial charge in [-0.3, -0.25) is 4.90 Å². The van der Waals surface area contributed by atoms with Gasteiger partial charge in [0.1, 0.15) is 5.82 Å². The van der Waals surface area contributed by atoms with Crippen LogP contribution >= 0.6 is 0 Å². The molecule has 1 N–H and O–H groups in total. The smallest absolute Gasteiger partial charge is 0.123 e. The number of hydrogen-bond acceptors (Lipinski definition) is 3. The van der Waals surface area contributed by atoms with Gasteiger partial charge in [0.25, 0.3) is 0 Å². The summed E-state index contributed by atoms with van der Waals surface area (Å²) < 4.78 is 14.9. The molecule has 1 unspecified atom stereocenters. The number of aliphatic hydroxyl groups excluding tert-OH is 1. The number of benzene rings is 1. The highest BCUT2D eigenvalue weighted by atomic mass is 19.1. The maximum Gasteiger partial charge on any atom is 0.123 e. The van der Waals surface area contributed by atoms with E-state index in [1.807, 2.05) is 10.7 Å². The Balaban J connectivity index is 1.48. The van der Waals surface area contributed by atoms with E-state index in [1.165, 1.54) is 12.1 Å². The van der Waals surface area contributed by atoms with Gasteiger partial charge in [0.15, 0.2) is 0 Å². The number of aromatic nitrogens is 2. The Morgan fingerprint density at radius 3 is 2.52 bits per heavy atom. The van der Waals surface area contributed by atoms with Gasteiger partial charge in [-0.05, 0) is 48.1 Å². The van der Waals surface area contributed by atoms with Crippen molar-refractivity contribution in [2.75, 3.05) is 19.7 Å². The lowest BCUT2D eigenvalue weighted by atomic mass is 10.2. The monoisotopic (exact) mass is 287 g/mol. The number of hydrogen-bond donors (Lipinski definition) is 1. The third kappa shape index (κ3) is 2.26. The van der Waals surface area contributed by atoms with E-state index in [0.717, 1.165) is 31.0 Å². The van der Waals surface area contributed by atoms with E-state index in [1.54, 1.807) is 18.3 Å². The molecule has 1 aliphatic carbocycles. The summed E-state index contributed by atoms with van der Waals surface area (Å²) in [5.74, 6) is 1.65. The summed E-state index contributed by atoms with van der Waals surface area (Å²) in [6.07, 6.45) is 1.78. The molecule has 4 rings (SSSR count). The number of fused-ring (bicyclic) bond motifs is 1. The minimum absolute atomic E-state index is 0.234. The van der Waals surface area contributed by atoms with Crippen molar-refractivity contribution in [3.05, 3.63) is 48.0 Å². The van der Waals surface area contributed by atoms with E-state index in [2.05, 4.69) is 10.00 Å². The minimum atomic E-state index is -0.234. The average Bonchev–Trinajstić information content (AvgIpc) is 2.84. The van der Waals surface area contributed by atoms with Crippen LogP contribution in [0, 0.1) is 23.6 Å². The average molecular weight is 287 g/mol. The predicted octanol–water partition coefficient (Wildman–Crippen LogP) is 1.68. The largest absolute Gasteiger partial charge is 0.396 e. The summed E-state index contributed by atoms with van der Waals surface area (Å²) in [6, 6.07) is 8.41. The SMILES string of the molecule is OCC1[C@H]2CN(Cc3ccnn3-c3ccc(F)cc3)C[C@@H]12. The van der Waals surface area contributed by atoms with Gasteiger partial charge in [-0.1, -0.05) is 0 Å². The molecular weight excluding hydrogens is 269 g/mol. The van der Waals surface area contributed by atoms with Crippen molar-refractivity contribution in [2.24, 2.45) is 17.8 Å². The number of likely N-dealkylation sites (tertiary alicyclic amines) is 1. The van der Waals surface area contributed by atoms with Crippen LogP contribution in [0.2, 0.25) is 0 Å². The lowest BCUT2D eigenvalue weighted by molar-refractivity contribution is 0.215. The first-order valence-electron chi connectivity index (χ1n) is 7.38. The third-order valence-corrected chi connectivity index (χ3v) is 4.84. The van der Waals surface area contributed by atoms with Crippen molar-refractivity contribution in [2.45, 2.75) is 6.54 Å². The molecule has 2 aliphatic rings. The fourth-order valence-corrected chi connectivity index (χ4v) is 3.63. The normalized spacial score (nSPS) is 27.8. The van der Waals surface area contributed by atoms with Gasteiger partial charge in [0.05, 0.1) is 11.4 Å². The standard InChI is InChI=1S/C16H18FN3O/c17-11-1-3-12(4-2-11)20-13(5-6-18-20)7-19-8-14-15(9-19)16(14)10-21/h1-6,14-16,21H,7-10H2/t14-,15+,16?. The van der Waals surface area contributed by atoms with Crippen LogP contribution in [0.25, 0.3) is 5.69 Å². The van der Waals surface area contributed by atoms with E-state index >= 15 is 0 Å². The highest BCUT2D eigenvalue weighted by Gasteiger charge is 2.54. The molecule has 0 amide bonds. The molecule has 1 saturated heterocycles. The first-order chi connectivity index (χ1) is 10.3. The predicted molar refractivity (Wildman–Crippen MR) is 76.4 cm³/mol. The van der Waals surface area contributed by atoms with Crippen LogP contribution in [0.4, 0.5) is 4.39 Å². The fourth-order valence-electron chi connectivity index (χ4n) is 3.63. The number of rotatable bonds is 4. The summed E-state index contributed by atoms with van der Waals surface area (Å²) in [5, 5.41) is 13.6. The summed E-state index contributed by atoms with van der Waals surface area (Å²) in [6.45, 7) is 3.30. The maximum atomic E-state index is 13.0. The van der Waals surface area contributed by atoms with E-state index < -0.39 is 0 Å². The summed E-state index contributed by atoms with van der Waals surface area (Å²) >= 11 is 0. The topological polar surface area (TPSA) is 41.3 Å². The zero-order chi connectivity index (χ0) is 14.4. The Hall–Kier alpha value is -1.72. The number of piperidine rings is 1. The molecule has 0 radical (unpaired) electrons. The Kier molecular flexibility index (Phi) is 3.05. The van der Waals surface area contributed by atoms with E-state index in [-0.39, 0.29) is 5.82 Å². The van der Waals surface area contributed by atoms with Gasteiger partial charge in [0, 0.05) is 32.4 Å². The highest BCUT2D eigenvalue weighted by molar-refractivity contribution is 5.32. The quantitative estimate of drug-likeness (QED) is 0.930. The molecule has 1 aromatic heterocycles. The lowest BCUT2D eigenvalue weighted by Gasteiger charge is -2.19. The van der Waals surface area contributed by atoms with Crippen LogP contribution in [0.5, 0.6) is 0 Å². The first-order valence-corrected chi connectivity index (χ1v) is 7.38. The van der Waals surface area contributed by atoms with Crippen molar-refractivity contribution < 1.29 is 9.50 Å². The molecule has 2 fully saturated rings. The van der Waals surface area contributed by atoms with Gasteiger partial charge < -0.3 is 5.11 Å². The van der Waals surface area contributed by atoms with Crippen LogP contribution in [0.3, 0.4) is 0 Å². The summed E-state index contributed by atoms with van der Waals surface area (Å²) in [5.41, 5.74) is 2.00. The van der Waals surface area contributed by atoms with Gasteiger partial charge in [-0.2, -0.15) is 5.10 Å². The molecule has 21 heavy (non-hydrogen) atoms.